The average Bonchev–Trinajstić information content (AvgIpc) is 2.75. The molecule has 0 atom stereocenters. The SMILES string of the molecule is CCN(CC)CCCNC(=O)Cn1cnc(N)n1. The van der Waals surface area contributed by atoms with Crippen molar-refractivity contribution in [1.29, 1.82) is 0 Å². The topological polar surface area (TPSA) is 89.1 Å². The zero-order chi connectivity index (χ0) is 13.4. The summed E-state index contributed by atoms with van der Waals surface area (Å²) in [5.74, 6) is 0.115. The molecule has 0 saturated heterocycles. The monoisotopic (exact) mass is 254 g/mol. The quantitative estimate of drug-likeness (QED) is 0.622. The molecule has 0 aromatic carbocycles. The van der Waals surface area contributed by atoms with Gasteiger partial charge in [-0.05, 0) is 26.1 Å². The van der Waals surface area contributed by atoms with Gasteiger partial charge in [0, 0.05) is 6.54 Å². The molecule has 7 nitrogen and oxygen atoms in total. The van der Waals surface area contributed by atoms with Gasteiger partial charge >= 0.3 is 0 Å². The molecule has 1 aromatic heterocycles. The van der Waals surface area contributed by atoms with Gasteiger partial charge in [-0.3, -0.25) is 4.79 Å². The molecule has 0 saturated carbocycles. The molecule has 0 aliphatic heterocycles. The molecule has 1 heterocycles. The van der Waals surface area contributed by atoms with Crippen molar-refractivity contribution < 1.29 is 4.79 Å². The fraction of sp³-hybridized carbons (Fsp3) is 0.727. The highest BCUT2D eigenvalue weighted by molar-refractivity contribution is 5.75. The van der Waals surface area contributed by atoms with Gasteiger partial charge in [0.05, 0.1) is 0 Å². The van der Waals surface area contributed by atoms with Crippen LogP contribution >= 0.6 is 0 Å². The summed E-state index contributed by atoms with van der Waals surface area (Å²) >= 11 is 0. The van der Waals surface area contributed by atoms with Crippen molar-refractivity contribution in [1.82, 2.24) is 25.0 Å². The van der Waals surface area contributed by atoms with Gasteiger partial charge in [0.15, 0.2) is 0 Å². The molecule has 1 rings (SSSR count). The van der Waals surface area contributed by atoms with Crippen LogP contribution in [0.5, 0.6) is 0 Å². The summed E-state index contributed by atoms with van der Waals surface area (Å²) in [6.07, 6.45) is 2.40. The van der Waals surface area contributed by atoms with Crippen molar-refractivity contribution in [3.63, 3.8) is 0 Å². The van der Waals surface area contributed by atoms with E-state index in [9.17, 15) is 4.79 Å². The minimum atomic E-state index is -0.0700. The summed E-state index contributed by atoms with van der Waals surface area (Å²) in [4.78, 5) is 17.6. The normalized spacial score (nSPS) is 10.8. The van der Waals surface area contributed by atoms with E-state index in [1.807, 2.05) is 0 Å². The van der Waals surface area contributed by atoms with Gasteiger partial charge in [-0.2, -0.15) is 0 Å². The molecule has 1 aromatic rings. The van der Waals surface area contributed by atoms with Crippen molar-refractivity contribution >= 4 is 11.9 Å². The molecule has 102 valence electrons. The van der Waals surface area contributed by atoms with E-state index in [2.05, 4.69) is 34.1 Å². The second-order valence-electron chi connectivity index (χ2n) is 4.03. The Hall–Kier alpha value is -1.63. The first kappa shape index (κ1) is 14.4. The Morgan fingerprint density at radius 1 is 1.50 bits per heavy atom. The lowest BCUT2D eigenvalue weighted by atomic mass is 10.3. The number of hydrogen-bond acceptors (Lipinski definition) is 5. The Bertz CT molecular complexity index is 360. The van der Waals surface area contributed by atoms with Gasteiger partial charge in [-0.1, -0.05) is 13.8 Å². The Morgan fingerprint density at radius 2 is 2.22 bits per heavy atom. The number of nitrogens with one attached hydrogen (secondary N) is 1. The number of carbonyl (C=O) groups excluding carboxylic acids is 1. The molecule has 3 N–H and O–H groups in total. The Morgan fingerprint density at radius 3 is 2.78 bits per heavy atom. The van der Waals surface area contributed by atoms with Gasteiger partial charge in [0.25, 0.3) is 0 Å². The van der Waals surface area contributed by atoms with Crippen LogP contribution in [0.25, 0.3) is 0 Å². The number of carbonyl (C=O) groups is 1. The van der Waals surface area contributed by atoms with E-state index in [0.717, 1.165) is 26.1 Å². The van der Waals surface area contributed by atoms with E-state index in [0.29, 0.717) is 6.54 Å². The van der Waals surface area contributed by atoms with E-state index < -0.39 is 0 Å². The molecule has 0 unspecified atom stereocenters. The highest BCUT2D eigenvalue weighted by atomic mass is 16.2. The maximum absolute atomic E-state index is 11.6. The molecular formula is C11H22N6O. The Balaban J connectivity index is 2.14. The minimum absolute atomic E-state index is 0.0700. The lowest BCUT2D eigenvalue weighted by Gasteiger charge is -2.17. The standard InChI is InChI=1S/C11H22N6O/c1-3-16(4-2)7-5-6-13-10(18)8-17-9-14-11(12)15-17/h9H,3-8H2,1-2H3,(H2,12,15)(H,13,18). The number of nitrogens with zero attached hydrogens (tertiary/aromatic N) is 4. The van der Waals surface area contributed by atoms with Crippen molar-refractivity contribution in [2.24, 2.45) is 0 Å². The Kier molecular flexibility index (Phi) is 6.13. The lowest BCUT2D eigenvalue weighted by molar-refractivity contribution is -0.121. The van der Waals surface area contributed by atoms with Crippen LogP contribution in [0.1, 0.15) is 20.3 Å². The summed E-state index contributed by atoms with van der Waals surface area (Å²) in [6.45, 7) is 8.21. The van der Waals surface area contributed by atoms with E-state index in [4.69, 9.17) is 5.73 Å². The molecule has 0 aliphatic carbocycles. The predicted molar refractivity (Wildman–Crippen MR) is 69.8 cm³/mol. The van der Waals surface area contributed by atoms with E-state index in [1.54, 1.807) is 0 Å². The number of anilines is 1. The van der Waals surface area contributed by atoms with Gasteiger partial charge in [-0.25, -0.2) is 9.67 Å². The van der Waals surface area contributed by atoms with Crippen LogP contribution in [-0.4, -0.2) is 51.8 Å². The third kappa shape index (κ3) is 5.13. The maximum atomic E-state index is 11.6. The van der Waals surface area contributed by atoms with Crippen LogP contribution < -0.4 is 11.1 Å². The maximum Gasteiger partial charge on any atom is 0.241 e. The number of nitrogen functional groups attached to an aromatic ring is 1. The van der Waals surface area contributed by atoms with Gasteiger partial charge in [0.2, 0.25) is 11.9 Å². The van der Waals surface area contributed by atoms with Gasteiger partial charge in [0.1, 0.15) is 12.9 Å². The molecule has 0 aliphatic rings. The molecule has 7 heteroatoms. The molecule has 18 heavy (non-hydrogen) atoms. The zero-order valence-corrected chi connectivity index (χ0v) is 11.1. The predicted octanol–water partition coefficient (Wildman–Crippen LogP) is -0.292. The van der Waals surface area contributed by atoms with Crippen LogP contribution in [0.2, 0.25) is 0 Å². The van der Waals surface area contributed by atoms with E-state index in [-0.39, 0.29) is 18.4 Å². The molecule has 0 fully saturated rings. The summed E-state index contributed by atoms with van der Waals surface area (Å²) in [5.41, 5.74) is 5.36. The van der Waals surface area contributed by atoms with Crippen LogP contribution in [0, 0.1) is 0 Å². The number of amides is 1. The third-order valence-corrected chi connectivity index (χ3v) is 2.73. The highest BCUT2D eigenvalue weighted by Crippen LogP contribution is 1.91. The first-order valence-corrected chi connectivity index (χ1v) is 6.29. The molecule has 0 spiro atoms. The van der Waals surface area contributed by atoms with E-state index in [1.165, 1.54) is 11.0 Å². The molecule has 1 amide bonds. The Labute approximate surface area is 107 Å². The van der Waals surface area contributed by atoms with Crippen molar-refractivity contribution in [2.75, 3.05) is 31.9 Å². The first-order valence-electron chi connectivity index (χ1n) is 6.29. The zero-order valence-electron chi connectivity index (χ0n) is 11.1. The third-order valence-electron chi connectivity index (χ3n) is 2.73. The summed E-state index contributed by atoms with van der Waals surface area (Å²) in [6, 6.07) is 0. The number of rotatable bonds is 8. The molecule has 0 bridgehead atoms. The largest absolute Gasteiger partial charge is 0.367 e. The van der Waals surface area contributed by atoms with Gasteiger partial charge < -0.3 is 16.0 Å². The van der Waals surface area contributed by atoms with E-state index >= 15 is 0 Å². The smallest absolute Gasteiger partial charge is 0.241 e. The number of nitrogens with two attached hydrogens (primary N) is 1. The molecular weight excluding hydrogens is 232 g/mol. The fourth-order valence-electron chi connectivity index (χ4n) is 1.66. The second kappa shape index (κ2) is 7.65. The lowest BCUT2D eigenvalue weighted by Crippen LogP contribution is -2.31. The summed E-state index contributed by atoms with van der Waals surface area (Å²) in [7, 11) is 0. The van der Waals surface area contributed by atoms with Crippen LogP contribution in [0.4, 0.5) is 5.95 Å². The fourth-order valence-corrected chi connectivity index (χ4v) is 1.66. The van der Waals surface area contributed by atoms with Gasteiger partial charge in [-0.15, -0.1) is 5.10 Å². The number of hydrogen-bond donors (Lipinski definition) is 2. The first-order chi connectivity index (χ1) is 8.65. The summed E-state index contributed by atoms with van der Waals surface area (Å²) in [5, 5.41) is 6.70. The van der Waals surface area contributed by atoms with Crippen LogP contribution in [0.3, 0.4) is 0 Å². The van der Waals surface area contributed by atoms with Crippen molar-refractivity contribution in [2.45, 2.75) is 26.8 Å². The average molecular weight is 254 g/mol. The van der Waals surface area contributed by atoms with Crippen LogP contribution in [-0.2, 0) is 11.3 Å². The van der Waals surface area contributed by atoms with Crippen LogP contribution in [0.15, 0.2) is 6.33 Å². The number of aromatic nitrogens is 3. The van der Waals surface area contributed by atoms with Crippen molar-refractivity contribution in [3.8, 4) is 0 Å². The summed E-state index contributed by atoms with van der Waals surface area (Å²) < 4.78 is 1.43. The van der Waals surface area contributed by atoms with Crippen molar-refractivity contribution in [3.05, 3.63) is 6.33 Å². The highest BCUT2D eigenvalue weighted by Gasteiger charge is 2.04. The molecule has 0 radical (unpaired) electrons. The second-order valence-corrected chi connectivity index (χ2v) is 4.03. The minimum Gasteiger partial charge on any atom is -0.367 e.